The number of methoxy groups -OCH3 is 1. The SMILES string of the molecule is COc1nccc(CNO)n1. The Bertz CT molecular complexity index is 229. The minimum atomic E-state index is 0.291. The summed E-state index contributed by atoms with van der Waals surface area (Å²) in [6.45, 7) is 0.291. The van der Waals surface area contributed by atoms with Crippen LogP contribution in [-0.4, -0.2) is 22.3 Å². The minimum absolute atomic E-state index is 0.291. The van der Waals surface area contributed by atoms with Crippen molar-refractivity contribution in [2.45, 2.75) is 6.54 Å². The molecule has 1 heterocycles. The van der Waals surface area contributed by atoms with E-state index in [2.05, 4.69) is 9.97 Å². The van der Waals surface area contributed by atoms with Crippen LogP contribution in [0.5, 0.6) is 6.01 Å². The number of ether oxygens (including phenoxy) is 1. The molecule has 0 aromatic carbocycles. The van der Waals surface area contributed by atoms with Crippen LogP contribution in [-0.2, 0) is 6.54 Å². The van der Waals surface area contributed by atoms with Crippen molar-refractivity contribution in [2.24, 2.45) is 0 Å². The Morgan fingerprint density at radius 3 is 3.18 bits per heavy atom. The lowest BCUT2D eigenvalue weighted by Gasteiger charge is -1.99. The first-order valence-electron chi connectivity index (χ1n) is 3.09. The van der Waals surface area contributed by atoms with Crippen LogP contribution in [0.3, 0.4) is 0 Å². The highest BCUT2D eigenvalue weighted by atomic mass is 16.5. The summed E-state index contributed by atoms with van der Waals surface area (Å²) in [6.07, 6.45) is 1.57. The molecule has 0 radical (unpaired) electrons. The number of aromatic nitrogens is 2. The maximum absolute atomic E-state index is 8.33. The van der Waals surface area contributed by atoms with Crippen LogP contribution in [0.25, 0.3) is 0 Å². The van der Waals surface area contributed by atoms with Gasteiger partial charge in [0.05, 0.1) is 19.3 Å². The van der Waals surface area contributed by atoms with Gasteiger partial charge < -0.3 is 9.94 Å². The smallest absolute Gasteiger partial charge is 0.316 e. The fraction of sp³-hybridized carbons (Fsp3) is 0.333. The lowest BCUT2D eigenvalue weighted by molar-refractivity contribution is 0.159. The monoisotopic (exact) mass is 155 g/mol. The molecule has 0 fully saturated rings. The summed E-state index contributed by atoms with van der Waals surface area (Å²) >= 11 is 0. The Morgan fingerprint density at radius 2 is 2.55 bits per heavy atom. The van der Waals surface area contributed by atoms with E-state index in [1.807, 2.05) is 5.48 Å². The number of rotatable bonds is 3. The third-order valence-electron chi connectivity index (χ3n) is 1.13. The first-order chi connectivity index (χ1) is 5.36. The van der Waals surface area contributed by atoms with E-state index in [-0.39, 0.29) is 0 Å². The van der Waals surface area contributed by atoms with Gasteiger partial charge in [0.15, 0.2) is 0 Å². The number of nitrogens with zero attached hydrogens (tertiary/aromatic N) is 2. The molecule has 0 atom stereocenters. The van der Waals surface area contributed by atoms with E-state index in [0.29, 0.717) is 18.2 Å². The van der Waals surface area contributed by atoms with Crippen molar-refractivity contribution >= 4 is 0 Å². The molecule has 0 aliphatic rings. The average Bonchev–Trinajstić information content (AvgIpc) is 2.06. The molecule has 0 saturated carbocycles. The third kappa shape index (κ3) is 2.14. The zero-order valence-corrected chi connectivity index (χ0v) is 6.11. The van der Waals surface area contributed by atoms with Crippen LogP contribution < -0.4 is 10.2 Å². The van der Waals surface area contributed by atoms with Crippen molar-refractivity contribution < 1.29 is 9.94 Å². The first-order valence-corrected chi connectivity index (χ1v) is 3.09. The average molecular weight is 155 g/mol. The fourth-order valence-corrected chi connectivity index (χ4v) is 0.654. The summed E-state index contributed by atoms with van der Waals surface area (Å²) in [5.74, 6) is 0. The highest BCUT2D eigenvalue weighted by molar-refractivity contribution is 5.04. The molecule has 5 heteroatoms. The number of hydroxylamine groups is 1. The standard InChI is InChI=1S/C6H9N3O2/c1-11-6-7-3-2-5(9-6)4-8-10/h2-3,8,10H,4H2,1H3. The van der Waals surface area contributed by atoms with Crippen molar-refractivity contribution in [3.8, 4) is 6.01 Å². The van der Waals surface area contributed by atoms with Crippen LogP contribution >= 0.6 is 0 Å². The van der Waals surface area contributed by atoms with Gasteiger partial charge in [-0.3, -0.25) is 0 Å². The molecule has 0 aliphatic heterocycles. The number of nitrogens with one attached hydrogen (secondary N) is 1. The lowest BCUT2D eigenvalue weighted by Crippen LogP contribution is -2.08. The zero-order valence-electron chi connectivity index (χ0n) is 6.11. The number of hydrogen-bond donors (Lipinski definition) is 2. The third-order valence-corrected chi connectivity index (χ3v) is 1.13. The molecule has 1 rings (SSSR count). The van der Waals surface area contributed by atoms with Gasteiger partial charge in [-0.25, -0.2) is 4.98 Å². The Balaban J connectivity index is 2.74. The Hall–Kier alpha value is -1.20. The molecule has 0 saturated heterocycles. The normalized spacial score (nSPS) is 9.64. The largest absolute Gasteiger partial charge is 0.467 e. The summed E-state index contributed by atoms with van der Waals surface area (Å²) in [6, 6.07) is 1.99. The van der Waals surface area contributed by atoms with Gasteiger partial charge in [-0.1, -0.05) is 0 Å². The molecule has 1 aromatic heterocycles. The quantitative estimate of drug-likeness (QED) is 0.600. The predicted octanol–water partition coefficient (Wildman–Crippen LogP) is -0.0360. The summed E-state index contributed by atoms with van der Waals surface area (Å²) in [4.78, 5) is 7.72. The Morgan fingerprint density at radius 1 is 1.73 bits per heavy atom. The maximum atomic E-state index is 8.33. The lowest BCUT2D eigenvalue weighted by atomic mass is 10.4. The van der Waals surface area contributed by atoms with Crippen molar-refractivity contribution in [1.29, 1.82) is 0 Å². The van der Waals surface area contributed by atoms with Gasteiger partial charge in [0, 0.05) is 6.20 Å². The van der Waals surface area contributed by atoms with Gasteiger partial charge in [0.2, 0.25) is 0 Å². The van der Waals surface area contributed by atoms with Crippen molar-refractivity contribution in [2.75, 3.05) is 7.11 Å². The topological polar surface area (TPSA) is 67.3 Å². The van der Waals surface area contributed by atoms with Gasteiger partial charge >= 0.3 is 6.01 Å². The van der Waals surface area contributed by atoms with Gasteiger partial charge in [0.25, 0.3) is 0 Å². The second-order valence-electron chi connectivity index (χ2n) is 1.87. The summed E-state index contributed by atoms with van der Waals surface area (Å²) in [5, 5.41) is 8.33. The molecule has 1 aromatic rings. The van der Waals surface area contributed by atoms with Crippen molar-refractivity contribution in [3.63, 3.8) is 0 Å². The molecule has 5 nitrogen and oxygen atoms in total. The summed E-state index contributed by atoms with van der Waals surface area (Å²) in [5.41, 5.74) is 2.67. The van der Waals surface area contributed by atoms with Crippen molar-refractivity contribution in [1.82, 2.24) is 15.4 Å². The molecule has 0 aliphatic carbocycles. The second kappa shape index (κ2) is 3.85. The van der Waals surface area contributed by atoms with Crippen LogP contribution in [0.15, 0.2) is 12.3 Å². The van der Waals surface area contributed by atoms with E-state index in [0.717, 1.165) is 0 Å². The predicted molar refractivity (Wildman–Crippen MR) is 37.2 cm³/mol. The molecule has 11 heavy (non-hydrogen) atoms. The zero-order chi connectivity index (χ0) is 8.10. The molecule has 0 amide bonds. The van der Waals surface area contributed by atoms with Gasteiger partial charge in [-0.2, -0.15) is 10.5 Å². The fourth-order valence-electron chi connectivity index (χ4n) is 0.654. The van der Waals surface area contributed by atoms with Crippen LogP contribution in [0.4, 0.5) is 0 Å². The van der Waals surface area contributed by atoms with Crippen LogP contribution in [0, 0.1) is 0 Å². The maximum Gasteiger partial charge on any atom is 0.316 e. The minimum Gasteiger partial charge on any atom is -0.467 e. The second-order valence-corrected chi connectivity index (χ2v) is 1.87. The molecular weight excluding hydrogens is 146 g/mol. The first kappa shape index (κ1) is 7.90. The molecular formula is C6H9N3O2. The van der Waals surface area contributed by atoms with Gasteiger partial charge in [-0.05, 0) is 6.07 Å². The van der Waals surface area contributed by atoms with E-state index in [1.54, 1.807) is 12.3 Å². The number of hydrogen-bond acceptors (Lipinski definition) is 5. The van der Waals surface area contributed by atoms with E-state index >= 15 is 0 Å². The highest BCUT2D eigenvalue weighted by Crippen LogP contribution is 2.00. The molecule has 60 valence electrons. The van der Waals surface area contributed by atoms with Gasteiger partial charge in [-0.15, -0.1) is 0 Å². The van der Waals surface area contributed by atoms with E-state index in [1.165, 1.54) is 7.11 Å². The van der Waals surface area contributed by atoms with Gasteiger partial charge in [0.1, 0.15) is 0 Å². The molecule has 0 unspecified atom stereocenters. The molecule has 2 N–H and O–H groups in total. The highest BCUT2D eigenvalue weighted by Gasteiger charge is 1.96. The van der Waals surface area contributed by atoms with E-state index in [4.69, 9.17) is 9.94 Å². The van der Waals surface area contributed by atoms with Crippen molar-refractivity contribution in [3.05, 3.63) is 18.0 Å². The Labute approximate surface area is 64.0 Å². The van der Waals surface area contributed by atoms with Crippen LogP contribution in [0.2, 0.25) is 0 Å². The van der Waals surface area contributed by atoms with Crippen LogP contribution in [0.1, 0.15) is 5.69 Å². The summed E-state index contributed by atoms with van der Waals surface area (Å²) in [7, 11) is 1.49. The summed E-state index contributed by atoms with van der Waals surface area (Å²) < 4.78 is 4.77. The molecule has 0 bridgehead atoms. The van der Waals surface area contributed by atoms with E-state index in [9.17, 15) is 0 Å². The van der Waals surface area contributed by atoms with E-state index < -0.39 is 0 Å². The Kier molecular flexibility index (Phi) is 2.76. The molecule has 0 spiro atoms.